The minimum atomic E-state index is -0.229. The molecule has 67 heavy (non-hydrogen) atoms. The number of fused-ring (bicyclic) bond motifs is 6. The molecule has 346 valence electrons. The van der Waals surface area contributed by atoms with E-state index in [2.05, 4.69) is 55.6 Å². The van der Waals surface area contributed by atoms with E-state index < -0.39 is 0 Å². The molecule has 8 aromatic heterocycles. The molecule has 8 aromatic rings. The lowest BCUT2D eigenvalue weighted by Gasteiger charge is -2.38. The van der Waals surface area contributed by atoms with Gasteiger partial charge in [0, 0.05) is 120 Å². The van der Waals surface area contributed by atoms with Gasteiger partial charge in [0.25, 0.3) is 0 Å². The average molecular weight is 973 g/mol. The van der Waals surface area contributed by atoms with Crippen LogP contribution in [0.25, 0.3) is 64.1 Å². The molecule has 14 rings (SSSR count). The zero-order chi connectivity index (χ0) is 45.0. The van der Waals surface area contributed by atoms with Crippen LogP contribution >= 0.6 is 45.3 Å². The molecule has 0 amide bonds. The highest BCUT2D eigenvalue weighted by Gasteiger charge is 2.48. The Hall–Kier alpha value is -4.34. The lowest BCUT2D eigenvalue weighted by molar-refractivity contribution is -0.0780. The summed E-state index contributed by atoms with van der Waals surface area (Å²) in [5, 5.41) is 6.60. The minimum Gasteiger partial charge on any atom is -0.371 e. The van der Waals surface area contributed by atoms with Crippen molar-refractivity contribution in [3.05, 3.63) is 81.5 Å². The number of methoxy groups -OCH3 is 2. The van der Waals surface area contributed by atoms with E-state index in [9.17, 15) is 0 Å². The van der Waals surface area contributed by atoms with Gasteiger partial charge in [0.15, 0.2) is 0 Å². The van der Waals surface area contributed by atoms with Crippen LogP contribution in [-0.2, 0) is 48.4 Å². The number of nitrogens with zero attached hydrogens (tertiary/aromatic N) is 9. The van der Waals surface area contributed by atoms with Gasteiger partial charge in [-0.05, 0) is 75.6 Å². The Morgan fingerprint density at radius 3 is 1.69 bits per heavy atom. The summed E-state index contributed by atoms with van der Waals surface area (Å²) in [7, 11) is 5.69. The molecule has 2 aliphatic carbocycles. The van der Waals surface area contributed by atoms with E-state index in [4.69, 9.17) is 43.9 Å². The first kappa shape index (κ1) is 42.7. The molecule has 4 unspecified atom stereocenters. The number of ether oxygens (including phenoxy) is 4. The maximum absolute atomic E-state index is 6.28. The first-order chi connectivity index (χ1) is 32.8. The number of pyridine rings is 2. The van der Waals surface area contributed by atoms with Gasteiger partial charge >= 0.3 is 0 Å². The third-order valence-corrected chi connectivity index (χ3v) is 20.2. The van der Waals surface area contributed by atoms with Gasteiger partial charge < -0.3 is 28.5 Å². The molecule has 0 aromatic carbocycles. The number of nitrogens with one attached hydrogen (secondary N) is 1. The van der Waals surface area contributed by atoms with Crippen molar-refractivity contribution in [3.63, 3.8) is 0 Å². The molecule has 4 atom stereocenters. The molecule has 12 heterocycles. The Labute approximate surface area is 404 Å². The minimum absolute atomic E-state index is 0.187. The monoisotopic (exact) mass is 972 g/mol. The van der Waals surface area contributed by atoms with E-state index >= 15 is 0 Å². The summed E-state index contributed by atoms with van der Waals surface area (Å²) in [6, 6.07) is 8.63. The molecular weight excluding hydrogens is 921 g/mol. The van der Waals surface area contributed by atoms with E-state index in [1.54, 1.807) is 59.6 Å². The number of aromatic amines is 1. The largest absolute Gasteiger partial charge is 0.371 e. The fraction of sp³-hybridized carbons (Fsp3) is 0.469. The Bertz CT molecular complexity index is 3120. The summed E-state index contributed by atoms with van der Waals surface area (Å²) < 4.78 is 26.4. The third-order valence-electron chi connectivity index (χ3n) is 15.4. The van der Waals surface area contributed by atoms with Crippen LogP contribution in [0.3, 0.4) is 0 Å². The SMILES string of the molecule is COC1(c2ncc(-c3ccnc4[nH]c(-c5cnc(C67CCN(CCO6)C7)s5)cc34)s2)CCC1.COC1(c2ncc(-c3ccnc4c3cc(-c3cnc(C56CCN(CCO5)C6)s3)n4C)s2)CCC1. The summed E-state index contributed by atoms with van der Waals surface area (Å²) in [6.07, 6.45) is 20.4. The molecule has 2 saturated carbocycles. The lowest BCUT2D eigenvalue weighted by Crippen LogP contribution is -2.41. The van der Waals surface area contributed by atoms with E-state index in [0.717, 1.165) is 170 Å². The third kappa shape index (κ3) is 6.95. The smallest absolute Gasteiger partial charge is 0.140 e. The van der Waals surface area contributed by atoms with E-state index in [1.165, 1.54) is 18.4 Å². The Morgan fingerprint density at radius 1 is 0.582 bits per heavy atom. The summed E-state index contributed by atoms with van der Waals surface area (Å²) in [4.78, 5) is 41.5. The van der Waals surface area contributed by atoms with E-state index in [-0.39, 0.29) is 22.4 Å². The predicted molar refractivity (Wildman–Crippen MR) is 264 cm³/mol. The molecule has 6 aliphatic rings. The zero-order valence-corrected chi connectivity index (χ0v) is 41.1. The standard InChI is InChI=1S/C25H27N5O2S2.C24H25N5O2S2/c1-29-18(20-14-28-23(34-20)25-7-9-30(15-25)10-11-32-25)12-17-16(4-8-26-21(17)29)19-13-27-22(33-19)24(31-2)5-3-6-24;1-30-23(4-2-5-23)21-26-12-18(32-21)15-3-7-25-20-16(15)11-17(28-20)19-13-27-22(33-19)24-6-8-29(14-24)9-10-31-24/h4,8,12-14H,3,5-7,9-11,15H2,1-2H3;3,7,11-13H,2,4-6,8-10,14H2,1H3,(H,25,28). The number of morpholine rings is 2. The Morgan fingerprint density at radius 2 is 1.10 bits per heavy atom. The molecule has 1 N–H and O–H groups in total. The zero-order valence-electron chi connectivity index (χ0n) is 37.9. The summed E-state index contributed by atoms with van der Waals surface area (Å²) in [5.41, 5.74) is 5.54. The number of aryl methyl sites for hydroxylation is 1. The van der Waals surface area contributed by atoms with Crippen molar-refractivity contribution in [2.75, 3.05) is 66.7 Å². The Balaban J connectivity index is 0.000000133. The van der Waals surface area contributed by atoms with Crippen LogP contribution in [0.15, 0.2) is 61.4 Å². The van der Waals surface area contributed by atoms with Crippen LogP contribution in [0.4, 0.5) is 0 Å². The maximum atomic E-state index is 6.28. The van der Waals surface area contributed by atoms with E-state index in [1.807, 2.05) is 37.2 Å². The van der Waals surface area contributed by atoms with Gasteiger partial charge in [-0.1, -0.05) is 0 Å². The van der Waals surface area contributed by atoms with Crippen molar-refractivity contribution >= 4 is 67.4 Å². The van der Waals surface area contributed by atoms with Gasteiger partial charge in [-0.3, -0.25) is 9.80 Å². The van der Waals surface area contributed by atoms with Crippen LogP contribution in [0, 0.1) is 0 Å². The van der Waals surface area contributed by atoms with E-state index in [0.29, 0.717) is 0 Å². The number of hydrogen-bond donors (Lipinski definition) is 1. The lowest BCUT2D eigenvalue weighted by atomic mass is 9.80. The maximum Gasteiger partial charge on any atom is 0.140 e. The van der Waals surface area contributed by atoms with Crippen molar-refractivity contribution in [3.8, 4) is 42.0 Å². The van der Waals surface area contributed by atoms with Crippen molar-refractivity contribution in [1.29, 1.82) is 0 Å². The van der Waals surface area contributed by atoms with Crippen molar-refractivity contribution < 1.29 is 18.9 Å². The number of rotatable bonds is 10. The quantitative estimate of drug-likeness (QED) is 0.140. The molecule has 0 spiro atoms. The average Bonchev–Trinajstić information content (AvgIpc) is 4.18. The highest BCUT2D eigenvalue weighted by molar-refractivity contribution is 7.16. The topological polar surface area (TPSA) is 141 Å². The second kappa shape index (κ2) is 16.4. The van der Waals surface area contributed by atoms with Gasteiger partial charge in [0.05, 0.1) is 44.1 Å². The molecule has 0 radical (unpaired) electrons. The van der Waals surface area contributed by atoms with Gasteiger partial charge in [-0.25, -0.2) is 29.9 Å². The van der Waals surface area contributed by atoms with Crippen LogP contribution in [0.5, 0.6) is 0 Å². The first-order valence-electron chi connectivity index (χ1n) is 23.4. The highest BCUT2D eigenvalue weighted by atomic mass is 32.1. The molecule has 6 fully saturated rings. The summed E-state index contributed by atoms with van der Waals surface area (Å²) >= 11 is 6.97. The summed E-state index contributed by atoms with van der Waals surface area (Å²) in [6.45, 7) is 7.73. The molecule has 4 bridgehead atoms. The number of thiazole rings is 4. The van der Waals surface area contributed by atoms with Gasteiger partial charge in [0.1, 0.15) is 53.7 Å². The van der Waals surface area contributed by atoms with Crippen LogP contribution in [0.2, 0.25) is 0 Å². The fourth-order valence-corrected chi connectivity index (χ4v) is 15.6. The van der Waals surface area contributed by atoms with Gasteiger partial charge in [-0.15, -0.1) is 45.3 Å². The fourth-order valence-electron chi connectivity index (χ4n) is 11.0. The van der Waals surface area contributed by atoms with Crippen molar-refractivity contribution in [2.24, 2.45) is 7.05 Å². The van der Waals surface area contributed by atoms with Crippen molar-refractivity contribution in [1.82, 2.24) is 49.3 Å². The molecule has 18 heteroatoms. The normalized spacial score (nSPS) is 25.8. The highest BCUT2D eigenvalue weighted by Crippen LogP contribution is 2.50. The second-order valence-corrected chi connectivity index (χ2v) is 23.1. The Kier molecular flexibility index (Phi) is 10.5. The van der Waals surface area contributed by atoms with Crippen LogP contribution < -0.4 is 0 Å². The second-order valence-electron chi connectivity index (χ2n) is 18.9. The number of aromatic nitrogens is 8. The predicted octanol–water partition coefficient (Wildman–Crippen LogP) is 9.54. The molecular formula is C49H52N10O4S4. The van der Waals surface area contributed by atoms with Crippen LogP contribution in [-0.4, -0.2) is 116 Å². The molecule has 4 saturated heterocycles. The van der Waals surface area contributed by atoms with Gasteiger partial charge in [-0.2, -0.15) is 0 Å². The number of H-pyrrole nitrogens is 1. The van der Waals surface area contributed by atoms with Crippen LogP contribution in [0.1, 0.15) is 71.4 Å². The summed E-state index contributed by atoms with van der Waals surface area (Å²) in [5.74, 6) is 0. The van der Waals surface area contributed by atoms with Crippen molar-refractivity contribution in [2.45, 2.75) is 73.8 Å². The molecule has 14 nitrogen and oxygen atoms in total. The number of hydrogen-bond acceptors (Lipinski definition) is 16. The van der Waals surface area contributed by atoms with Gasteiger partial charge in [0.2, 0.25) is 0 Å². The first-order valence-corrected chi connectivity index (χ1v) is 26.7. The molecule has 4 aliphatic heterocycles.